The molecule has 0 spiro atoms. The van der Waals surface area contributed by atoms with Gasteiger partial charge in [-0.15, -0.1) is 0 Å². The van der Waals surface area contributed by atoms with E-state index in [1.165, 1.54) is 7.11 Å². The second-order valence-corrected chi connectivity index (χ2v) is 3.52. The van der Waals surface area contributed by atoms with Crippen molar-refractivity contribution in [3.8, 4) is 0 Å². The van der Waals surface area contributed by atoms with Crippen LogP contribution in [-0.2, 0) is 9.53 Å². The van der Waals surface area contributed by atoms with E-state index >= 15 is 0 Å². The molecule has 0 amide bonds. The van der Waals surface area contributed by atoms with Gasteiger partial charge in [0.25, 0.3) is 0 Å². The number of rotatable bonds is 2. The van der Waals surface area contributed by atoms with Gasteiger partial charge in [-0.1, -0.05) is 30.4 Å². The van der Waals surface area contributed by atoms with Crippen LogP contribution in [0.25, 0.3) is 6.08 Å². The number of methoxy groups -OCH3 is 1. The topological polar surface area (TPSA) is 38.3 Å². The normalized spacial score (nSPS) is 13.2. The predicted molar refractivity (Wildman–Crippen MR) is 63.8 cm³/mol. The molecule has 1 aliphatic heterocycles. The van der Waals surface area contributed by atoms with Gasteiger partial charge in [-0.2, -0.15) is 0 Å². The van der Waals surface area contributed by atoms with E-state index < -0.39 is 0 Å². The Balaban J connectivity index is 2.19. The largest absolute Gasteiger partial charge is 0.469 e. The lowest BCUT2D eigenvalue weighted by Crippen LogP contribution is -2.08. The van der Waals surface area contributed by atoms with E-state index in [2.05, 4.69) is 10.1 Å². The fraction of sp³-hybridized carbons (Fsp3) is 0.154. The van der Waals surface area contributed by atoms with Crippen molar-refractivity contribution >= 4 is 17.7 Å². The van der Waals surface area contributed by atoms with Crippen LogP contribution in [0.5, 0.6) is 0 Å². The number of benzene rings is 1. The lowest BCUT2D eigenvalue weighted by atomic mass is 10.2. The van der Waals surface area contributed by atoms with Gasteiger partial charge in [0.05, 0.1) is 13.5 Å². The number of para-hydroxylation sites is 1. The Kier molecular flexibility index (Phi) is 3.05. The maximum Gasteiger partial charge on any atom is 0.311 e. The first kappa shape index (κ1) is 10.5. The summed E-state index contributed by atoms with van der Waals surface area (Å²) < 4.78 is 4.64. The van der Waals surface area contributed by atoms with E-state index in [4.69, 9.17) is 0 Å². The summed E-state index contributed by atoms with van der Waals surface area (Å²) in [6, 6.07) is 7.95. The minimum atomic E-state index is -0.244. The Labute approximate surface area is 94.4 Å². The first-order chi connectivity index (χ1) is 7.79. The fourth-order valence-corrected chi connectivity index (χ4v) is 1.57. The molecule has 2 rings (SSSR count). The van der Waals surface area contributed by atoms with E-state index in [0.29, 0.717) is 0 Å². The summed E-state index contributed by atoms with van der Waals surface area (Å²) >= 11 is 0. The smallest absolute Gasteiger partial charge is 0.311 e. The number of anilines is 1. The second kappa shape index (κ2) is 4.66. The molecule has 0 atom stereocenters. The molecule has 0 bridgehead atoms. The van der Waals surface area contributed by atoms with Crippen molar-refractivity contribution in [3.05, 3.63) is 47.7 Å². The van der Waals surface area contributed by atoms with Crippen molar-refractivity contribution in [1.82, 2.24) is 0 Å². The highest BCUT2D eigenvalue weighted by Crippen LogP contribution is 2.22. The Bertz CT molecular complexity index is 461. The summed E-state index contributed by atoms with van der Waals surface area (Å²) in [5.74, 6) is -0.244. The fourth-order valence-electron chi connectivity index (χ4n) is 1.57. The van der Waals surface area contributed by atoms with Crippen LogP contribution >= 0.6 is 0 Å². The molecule has 0 unspecified atom stereocenters. The summed E-state index contributed by atoms with van der Waals surface area (Å²) in [6.07, 6.45) is 6.08. The van der Waals surface area contributed by atoms with Crippen LogP contribution in [0.2, 0.25) is 0 Å². The molecule has 0 radical (unpaired) electrons. The Hall–Kier alpha value is -2.03. The molecule has 82 valence electrons. The molecule has 0 aromatic heterocycles. The van der Waals surface area contributed by atoms with Crippen molar-refractivity contribution in [2.45, 2.75) is 6.42 Å². The number of hydrogen-bond acceptors (Lipinski definition) is 3. The zero-order valence-electron chi connectivity index (χ0n) is 9.07. The molecule has 3 heteroatoms. The third kappa shape index (κ3) is 2.31. The first-order valence-electron chi connectivity index (χ1n) is 5.09. The van der Waals surface area contributed by atoms with Gasteiger partial charge in [-0.05, 0) is 17.7 Å². The minimum Gasteiger partial charge on any atom is -0.469 e. The van der Waals surface area contributed by atoms with Crippen LogP contribution in [0.15, 0.2) is 42.1 Å². The minimum absolute atomic E-state index is 0.244. The Morgan fingerprint density at radius 1 is 1.38 bits per heavy atom. The highest BCUT2D eigenvalue weighted by atomic mass is 16.5. The summed E-state index contributed by atoms with van der Waals surface area (Å²) in [4.78, 5) is 11.2. The monoisotopic (exact) mass is 215 g/mol. The summed E-state index contributed by atoms with van der Waals surface area (Å²) in [7, 11) is 1.39. The molecule has 0 saturated carbocycles. The predicted octanol–water partition coefficient (Wildman–Crippen LogP) is 2.57. The van der Waals surface area contributed by atoms with Crippen molar-refractivity contribution < 1.29 is 9.53 Å². The third-order valence-electron chi connectivity index (χ3n) is 2.39. The summed E-state index contributed by atoms with van der Waals surface area (Å²) in [6.45, 7) is 0. The lowest BCUT2D eigenvalue weighted by Gasteiger charge is -2.10. The van der Waals surface area contributed by atoms with E-state index in [1.54, 1.807) is 0 Å². The van der Waals surface area contributed by atoms with Gasteiger partial charge in [0, 0.05) is 11.4 Å². The molecule has 1 aliphatic rings. The van der Waals surface area contributed by atoms with Crippen molar-refractivity contribution in [3.63, 3.8) is 0 Å². The van der Waals surface area contributed by atoms with Gasteiger partial charge in [0.2, 0.25) is 0 Å². The van der Waals surface area contributed by atoms with Crippen molar-refractivity contribution in [2.24, 2.45) is 0 Å². The molecule has 1 heterocycles. The molecule has 3 nitrogen and oxygen atoms in total. The van der Waals surface area contributed by atoms with Gasteiger partial charge in [-0.3, -0.25) is 4.79 Å². The number of carbonyl (C=O) groups excluding carboxylic acids is 1. The zero-order valence-corrected chi connectivity index (χ0v) is 9.07. The molecular weight excluding hydrogens is 202 g/mol. The molecule has 1 aromatic rings. The Morgan fingerprint density at radius 3 is 3.00 bits per heavy atom. The molecule has 0 aliphatic carbocycles. The lowest BCUT2D eigenvalue weighted by molar-refractivity contribution is -0.139. The summed E-state index contributed by atoms with van der Waals surface area (Å²) in [5.41, 5.74) is 2.96. The van der Waals surface area contributed by atoms with Gasteiger partial charge in [0.1, 0.15) is 0 Å². The maximum absolute atomic E-state index is 11.2. The van der Waals surface area contributed by atoms with E-state index in [0.717, 1.165) is 16.9 Å². The number of ether oxygens (including phenoxy) is 1. The molecule has 1 aromatic carbocycles. The molecular formula is C13H13NO2. The van der Waals surface area contributed by atoms with Crippen LogP contribution < -0.4 is 5.32 Å². The standard InChI is InChI=1S/C13H13NO2/c1-16-13(15)9-11-7-4-6-10-5-2-3-8-12(10)14-11/h2-8,14H,9H2,1H3. The van der Waals surface area contributed by atoms with Crippen LogP contribution in [0, 0.1) is 0 Å². The number of esters is 1. The quantitative estimate of drug-likeness (QED) is 0.770. The average Bonchev–Trinajstić information content (AvgIpc) is 2.50. The van der Waals surface area contributed by atoms with Gasteiger partial charge < -0.3 is 10.1 Å². The number of nitrogens with one attached hydrogen (secondary N) is 1. The van der Waals surface area contributed by atoms with E-state index in [9.17, 15) is 4.79 Å². The van der Waals surface area contributed by atoms with Crippen LogP contribution in [-0.4, -0.2) is 13.1 Å². The molecule has 0 fully saturated rings. The highest BCUT2D eigenvalue weighted by Gasteiger charge is 2.08. The molecule has 0 saturated heterocycles. The zero-order chi connectivity index (χ0) is 11.4. The SMILES string of the molecule is COC(=O)CC1=CC=Cc2ccccc2N1. The number of carbonyl (C=O) groups is 1. The van der Waals surface area contributed by atoms with Crippen LogP contribution in [0.3, 0.4) is 0 Å². The second-order valence-electron chi connectivity index (χ2n) is 3.52. The van der Waals surface area contributed by atoms with Gasteiger partial charge >= 0.3 is 5.97 Å². The number of fused-ring (bicyclic) bond motifs is 1. The first-order valence-corrected chi connectivity index (χ1v) is 5.09. The van der Waals surface area contributed by atoms with Crippen molar-refractivity contribution in [2.75, 3.05) is 12.4 Å². The maximum atomic E-state index is 11.2. The third-order valence-corrected chi connectivity index (χ3v) is 2.39. The average molecular weight is 215 g/mol. The number of allylic oxidation sites excluding steroid dienone is 2. The highest BCUT2D eigenvalue weighted by molar-refractivity contribution is 5.77. The Morgan fingerprint density at radius 2 is 2.19 bits per heavy atom. The van der Waals surface area contributed by atoms with Gasteiger partial charge in [-0.25, -0.2) is 0 Å². The number of hydrogen-bond donors (Lipinski definition) is 1. The van der Waals surface area contributed by atoms with Crippen LogP contribution in [0.4, 0.5) is 5.69 Å². The van der Waals surface area contributed by atoms with E-state index in [1.807, 2.05) is 42.5 Å². The van der Waals surface area contributed by atoms with Crippen LogP contribution in [0.1, 0.15) is 12.0 Å². The molecule has 1 N–H and O–H groups in total. The van der Waals surface area contributed by atoms with Gasteiger partial charge in [0.15, 0.2) is 0 Å². The van der Waals surface area contributed by atoms with Crippen molar-refractivity contribution in [1.29, 1.82) is 0 Å². The van der Waals surface area contributed by atoms with E-state index in [-0.39, 0.29) is 12.4 Å². The molecule has 16 heavy (non-hydrogen) atoms. The summed E-state index contributed by atoms with van der Waals surface area (Å²) in [5, 5.41) is 3.22.